The Morgan fingerprint density at radius 3 is 2.77 bits per heavy atom. The van der Waals surface area contributed by atoms with Gasteiger partial charge >= 0.3 is 0 Å². The van der Waals surface area contributed by atoms with E-state index in [9.17, 15) is 4.79 Å². The first kappa shape index (κ1) is 20.3. The smallest absolute Gasteiger partial charge is 0.225 e. The van der Waals surface area contributed by atoms with E-state index in [0.29, 0.717) is 13.1 Å². The van der Waals surface area contributed by atoms with Gasteiger partial charge in [-0.15, -0.1) is 12.4 Å². The lowest BCUT2D eigenvalue weighted by Crippen LogP contribution is -2.33. The van der Waals surface area contributed by atoms with Crippen LogP contribution in [0.4, 0.5) is 0 Å². The van der Waals surface area contributed by atoms with E-state index in [-0.39, 0.29) is 30.2 Å². The van der Waals surface area contributed by atoms with E-state index in [1.807, 2.05) is 43.7 Å². The summed E-state index contributed by atoms with van der Waals surface area (Å²) in [6.07, 6.45) is 4.84. The normalized spacial score (nSPS) is 19.0. The Hall–Kier alpha value is -2.05. The lowest BCUT2D eigenvalue weighted by atomic mass is 9.90. The summed E-state index contributed by atoms with van der Waals surface area (Å²) in [5, 5.41) is 10.6. The summed E-state index contributed by atoms with van der Waals surface area (Å²) in [5.41, 5.74) is 2.19. The van der Waals surface area contributed by atoms with Crippen molar-refractivity contribution in [3.63, 3.8) is 0 Å². The molecule has 0 spiro atoms. The molecule has 1 aromatic heterocycles. The number of hydrogen-bond donors (Lipinski definition) is 2. The fraction of sp³-hybridized carbons (Fsp3) is 0.474. The monoisotopic (exact) mass is 378 g/mol. The van der Waals surface area contributed by atoms with Gasteiger partial charge in [0.15, 0.2) is 0 Å². The van der Waals surface area contributed by atoms with Crippen molar-refractivity contribution < 1.29 is 9.53 Å². The SMILES string of the molecule is CCCOc1ccc(CNC(=O)[C@H]2CNC[C@@H]2c2cnn(C)c2)cc1.Cl. The third kappa shape index (κ3) is 4.99. The molecule has 2 atom stereocenters. The first-order valence-corrected chi connectivity index (χ1v) is 8.86. The second-order valence-electron chi connectivity index (χ2n) is 6.53. The number of aromatic nitrogens is 2. The van der Waals surface area contributed by atoms with E-state index in [1.54, 1.807) is 4.68 Å². The highest BCUT2D eigenvalue weighted by Gasteiger charge is 2.34. The van der Waals surface area contributed by atoms with Crippen molar-refractivity contribution >= 4 is 18.3 Å². The molecule has 1 aromatic carbocycles. The van der Waals surface area contributed by atoms with Crippen molar-refractivity contribution in [3.05, 3.63) is 47.8 Å². The van der Waals surface area contributed by atoms with Crippen LogP contribution in [0.15, 0.2) is 36.7 Å². The minimum Gasteiger partial charge on any atom is -0.494 e. The average molecular weight is 379 g/mol. The molecule has 142 valence electrons. The Morgan fingerprint density at radius 1 is 1.35 bits per heavy atom. The number of aryl methyl sites for hydroxylation is 1. The Labute approximate surface area is 160 Å². The largest absolute Gasteiger partial charge is 0.494 e. The molecule has 6 nitrogen and oxygen atoms in total. The summed E-state index contributed by atoms with van der Waals surface area (Å²) in [6.45, 7) is 4.85. The number of rotatable bonds is 7. The van der Waals surface area contributed by atoms with Crippen LogP contribution in [0.25, 0.3) is 0 Å². The Kier molecular flexibility index (Phi) is 7.48. The third-order valence-electron chi connectivity index (χ3n) is 4.57. The first-order valence-electron chi connectivity index (χ1n) is 8.86. The average Bonchev–Trinajstić information content (AvgIpc) is 3.27. The molecule has 1 aliphatic heterocycles. The zero-order chi connectivity index (χ0) is 17.6. The first-order chi connectivity index (χ1) is 12.2. The molecule has 0 unspecified atom stereocenters. The quantitative estimate of drug-likeness (QED) is 0.775. The van der Waals surface area contributed by atoms with E-state index in [2.05, 4.69) is 22.7 Å². The maximum atomic E-state index is 12.6. The highest BCUT2D eigenvalue weighted by Crippen LogP contribution is 2.28. The summed E-state index contributed by atoms with van der Waals surface area (Å²) >= 11 is 0. The van der Waals surface area contributed by atoms with Gasteiger partial charge in [0.1, 0.15) is 5.75 Å². The molecule has 2 aromatic rings. The second kappa shape index (κ2) is 9.59. The van der Waals surface area contributed by atoms with Crippen LogP contribution in [-0.4, -0.2) is 35.4 Å². The molecule has 0 radical (unpaired) electrons. The highest BCUT2D eigenvalue weighted by molar-refractivity contribution is 5.85. The van der Waals surface area contributed by atoms with Gasteiger partial charge in [-0.2, -0.15) is 5.10 Å². The summed E-state index contributed by atoms with van der Waals surface area (Å²) in [5.74, 6) is 1.08. The molecule has 1 aliphatic rings. The van der Waals surface area contributed by atoms with E-state index < -0.39 is 0 Å². The summed E-state index contributed by atoms with van der Waals surface area (Å²) < 4.78 is 7.36. The van der Waals surface area contributed by atoms with Crippen LogP contribution >= 0.6 is 12.4 Å². The Morgan fingerprint density at radius 2 is 2.12 bits per heavy atom. The Balaban J connectivity index is 0.00000243. The van der Waals surface area contributed by atoms with Gasteiger partial charge in [0, 0.05) is 38.8 Å². The minimum absolute atomic E-state index is 0. The van der Waals surface area contributed by atoms with Crippen LogP contribution in [0.3, 0.4) is 0 Å². The maximum absolute atomic E-state index is 12.6. The number of carbonyl (C=O) groups is 1. The second-order valence-corrected chi connectivity index (χ2v) is 6.53. The number of benzene rings is 1. The van der Waals surface area contributed by atoms with E-state index in [4.69, 9.17) is 4.74 Å². The van der Waals surface area contributed by atoms with E-state index in [1.165, 1.54) is 0 Å². The zero-order valence-electron chi connectivity index (χ0n) is 15.3. The topological polar surface area (TPSA) is 68.2 Å². The van der Waals surface area contributed by atoms with Gasteiger partial charge in [-0.3, -0.25) is 9.48 Å². The van der Waals surface area contributed by atoms with Gasteiger partial charge in [0.2, 0.25) is 5.91 Å². The van der Waals surface area contributed by atoms with Crippen LogP contribution in [0.1, 0.15) is 30.4 Å². The van der Waals surface area contributed by atoms with Crippen molar-refractivity contribution in [2.75, 3.05) is 19.7 Å². The van der Waals surface area contributed by atoms with Crippen molar-refractivity contribution in [2.24, 2.45) is 13.0 Å². The molecular formula is C19H27ClN4O2. The standard InChI is InChI=1S/C19H26N4O2.ClH/c1-3-8-25-16-6-4-14(5-7-16)9-21-19(24)18-12-20-11-17(18)15-10-22-23(2)13-15;/h4-7,10,13,17-18,20H,3,8-9,11-12H2,1-2H3,(H,21,24);1H/t17-,18+;/m1./s1. The Bertz CT molecular complexity index is 702. The fourth-order valence-electron chi connectivity index (χ4n) is 3.18. The molecule has 7 heteroatoms. The van der Waals surface area contributed by atoms with Gasteiger partial charge < -0.3 is 15.4 Å². The number of hydrogen-bond acceptors (Lipinski definition) is 4. The minimum atomic E-state index is -0.0589. The number of carbonyl (C=O) groups excluding carboxylic acids is 1. The zero-order valence-corrected chi connectivity index (χ0v) is 16.1. The van der Waals surface area contributed by atoms with Crippen LogP contribution in [0.5, 0.6) is 5.75 Å². The molecule has 26 heavy (non-hydrogen) atoms. The van der Waals surface area contributed by atoms with Crippen LogP contribution < -0.4 is 15.4 Å². The molecule has 3 rings (SSSR count). The molecule has 0 bridgehead atoms. The van der Waals surface area contributed by atoms with Crippen LogP contribution in [0.2, 0.25) is 0 Å². The molecule has 1 saturated heterocycles. The predicted molar refractivity (Wildman–Crippen MR) is 104 cm³/mol. The van der Waals surface area contributed by atoms with Crippen molar-refractivity contribution in [3.8, 4) is 5.75 Å². The van der Waals surface area contributed by atoms with Gasteiger partial charge in [-0.1, -0.05) is 19.1 Å². The van der Waals surface area contributed by atoms with Crippen molar-refractivity contribution in [1.29, 1.82) is 0 Å². The van der Waals surface area contributed by atoms with E-state index in [0.717, 1.165) is 36.4 Å². The highest BCUT2D eigenvalue weighted by atomic mass is 35.5. The van der Waals surface area contributed by atoms with Crippen molar-refractivity contribution in [1.82, 2.24) is 20.4 Å². The van der Waals surface area contributed by atoms with Gasteiger partial charge in [0.25, 0.3) is 0 Å². The predicted octanol–water partition coefficient (Wildman–Crippen LogP) is 2.25. The van der Waals surface area contributed by atoms with Gasteiger partial charge in [0.05, 0.1) is 18.7 Å². The summed E-state index contributed by atoms with van der Waals surface area (Å²) in [6, 6.07) is 7.90. The van der Waals surface area contributed by atoms with Crippen LogP contribution in [0, 0.1) is 5.92 Å². The summed E-state index contributed by atoms with van der Waals surface area (Å²) in [7, 11) is 1.90. The fourth-order valence-corrected chi connectivity index (χ4v) is 3.18. The lowest BCUT2D eigenvalue weighted by Gasteiger charge is -2.17. The molecule has 2 N–H and O–H groups in total. The third-order valence-corrected chi connectivity index (χ3v) is 4.57. The molecular weight excluding hydrogens is 352 g/mol. The molecule has 1 amide bonds. The maximum Gasteiger partial charge on any atom is 0.225 e. The molecule has 2 heterocycles. The number of ether oxygens (including phenoxy) is 1. The van der Waals surface area contributed by atoms with Gasteiger partial charge in [-0.05, 0) is 29.7 Å². The number of nitrogens with one attached hydrogen (secondary N) is 2. The molecule has 0 saturated carbocycles. The van der Waals surface area contributed by atoms with Crippen LogP contribution in [-0.2, 0) is 18.4 Å². The van der Waals surface area contributed by atoms with Crippen molar-refractivity contribution in [2.45, 2.75) is 25.8 Å². The summed E-state index contributed by atoms with van der Waals surface area (Å²) in [4.78, 5) is 12.6. The lowest BCUT2D eigenvalue weighted by molar-refractivity contribution is -0.125. The molecule has 0 aliphatic carbocycles. The molecule has 1 fully saturated rings. The number of amides is 1. The number of halogens is 1. The van der Waals surface area contributed by atoms with E-state index >= 15 is 0 Å². The number of nitrogens with zero attached hydrogens (tertiary/aromatic N) is 2. The van der Waals surface area contributed by atoms with Gasteiger partial charge in [-0.25, -0.2) is 0 Å².